The molecule has 0 amide bonds. The van der Waals surface area contributed by atoms with E-state index in [1.54, 1.807) is 0 Å². The maximum Gasteiger partial charge on any atom is 0.509 e. The van der Waals surface area contributed by atoms with Gasteiger partial charge in [0, 0.05) is 0 Å². The molecule has 15 heavy (non-hydrogen) atoms. The molecule has 3 nitrogen and oxygen atoms in total. The Morgan fingerprint density at radius 2 is 1.80 bits per heavy atom. The zero-order valence-electron chi connectivity index (χ0n) is 10.8. The minimum absolute atomic E-state index is 0.0878. The molecule has 0 aliphatic rings. The van der Waals surface area contributed by atoms with Crippen molar-refractivity contribution in [3.05, 3.63) is 0 Å². The molecule has 0 bridgehead atoms. The molecule has 0 heterocycles. The van der Waals surface area contributed by atoms with Crippen molar-refractivity contribution in [3.63, 3.8) is 0 Å². The molecule has 0 N–H and O–H groups in total. The van der Waals surface area contributed by atoms with Crippen molar-refractivity contribution in [1.82, 2.24) is 0 Å². The smallest absolute Gasteiger partial charge is 0.431 e. The standard InChI is InChI=1S/C12H24O3/c1-7-9(3)10(4)14-11(13)15-12(5,6)8-2/h9-10H,7-8H2,1-6H3. The van der Waals surface area contributed by atoms with Crippen LogP contribution in [0.3, 0.4) is 0 Å². The normalized spacial score (nSPS) is 15.6. The summed E-state index contributed by atoms with van der Waals surface area (Å²) < 4.78 is 10.4. The number of hydrogen-bond acceptors (Lipinski definition) is 3. The van der Waals surface area contributed by atoms with Crippen LogP contribution in [0.4, 0.5) is 4.79 Å². The van der Waals surface area contributed by atoms with Crippen LogP contribution < -0.4 is 0 Å². The summed E-state index contributed by atoms with van der Waals surface area (Å²) in [4.78, 5) is 11.4. The number of ether oxygens (including phenoxy) is 2. The summed E-state index contributed by atoms with van der Waals surface area (Å²) in [5.74, 6) is 0.363. The molecule has 0 rings (SSSR count). The molecule has 2 unspecified atom stereocenters. The summed E-state index contributed by atoms with van der Waals surface area (Å²) in [7, 11) is 0. The summed E-state index contributed by atoms with van der Waals surface area (Å²) in [5, 5.41) is 0. The van der Waals surface area contributed by atoms with Gasteiger partial charge in [-0.15, -0.1) is 0 Å². The van der Waals surface area contributed by atoms with Crippen molar-refractivity contribution in [2.75, 3.05) is 0 Å². The summed E-state index contributed by atoms with van der Waals surface area (Å²) >= 11 is 0. The number of hydrogen-bond donors (Lipinski definition) is 0. The van der Waals surface area contributed by atoms with Gasteiger partial charge in [0.1, 0.15) is 11.7 Å². The SMILES string of the molecule is CCC(C)C(C)OC(=O)OC(C)(C)CC. The van der Waals surface area contributed by atoms with Gasteiger partial charge < -0.3 is 9.47 Å². The largest absolute Gasteiger partial charge is 0.509 e. The van der Waals surface area contributed by atoms with Crippen molar-refractivity contribution in [2.24, 2.45) is 5.92 Å². The van der Waals surface area contributed by atoms with E-state index in [0.717, 1.165) is 12.8 Å². The molecule has 0 aromatic carbocycles. The molecule has 0 radical (unpaired) electrons. The minimum Gasteiger partial charge on any atom is -0.431 e. The first-order valence-electron chi connectivity index (χ1n) is 5.72. The van der Waals surface area contributed by atoms with Crippen LogP contribution in [0.2, 0.25) is 0 Å². The lowest BCUT2D eigenvalue weighted by molar-refractivity contribution is -0.0417. The van der Waals surface area contributed by atoms with E-state index in [-0.39, 0.29) is 6.10 Å². The monoisotopic (exact) mass is 216 g/mol. The van der Waals surface area contributed by atoms with Gasteiger partial charge in [0.05, 0.1) is 0 Å². The van der Waals surface area contributed by atoms with Gasteiger partial charge in [-0.2, -0.15) is 0 Å². The molecule has 0 saturated carbocycles. The van der Waals surface area contributed by atoms with Gasteiger partial charge in [-0.1, -0.05) is 27.2 Å². The van der Waals surface area contributed by atoms with Crippen LogP contribution in [-0.4, -0.2) is 17.9 Å². The Morgan fingerprint density at radius 1 is 1.27 bits per heavy atom. The Hall–Kier alpha value is -0.730. The van der Waals surface area contributed by atoms with Crippen molar-refractivity contribution >= 4 is 6.16 Å². The molecule has 2 atom stereocenters. The molecule has 0 saturated heterocycles. The maximum absolute atomic E-state index is 11.4. The van der Waals surface area contributed by atoms with Gasteiger partial charge >= 0.3 is 6.16 Å². The first kappa shape index (κ1) is 14.3. The Bertz CT molecular complexity index is 199. The first-order chi connectivity index (χ1) is 6.82. The minimum atomic E-state index is -0.561. The molecule has 0 fully saturated rings. The van der Waals surface area contributed by atoms with Gasteiger partial charge in [0.2, 0.25) is 0 Å². The van der Waals surface area contributed by atoms with E-state index in [4.69, 9.17) is 9.47 Å². The Labute approximate surface area is 93.1 Å². The van der Waals surface area contributed by atoms with Crippen LogP contribution in [0.5, 0.6) is 0 Å². The maximum atomic E-state index is 11.4. The third-order valence-electron chi connectivity index (χ3n) is 2.94. The summed E-state index contributed by atoms with van der Waals surface area (Å²) in [5.41, 5.74) is -0.438. The van der Waals surface area contributed by atoms with E-state index < -0.39 is 11.8 Å². The molecule has 90 valence electrons. The van der Waals surface area contributed by atoms with Crippen LogP contribution >= 0.6 is 0 Å². The summed E-state index contributed by atoms with van der Waals surface area (Å²) in [6, 6.07) is 0. The predicted octanol–water partition coefficient (Wildman–Crippen LogP) is 3.76. The fraction of sp³-hybridized carbons (Fsp3) is 0.917. The lowest BCUT2D eigenvalue weighted by Gasteiger charge is -2.25. The summed E-state index contributed by atoms with van der Waals surface area (Å²) in [6.07, 6.45) is 1.12. The molecule has 0 aliphatic heterocycles. The molecular weight excluding hydrogens is 192 g/mol. The Balaban J connectivity index is 4.04. The molecule has 0 aromatic rings. The highest BCUT2D eigenvalue weighted by molar-refractivity contribution is 5.60. The van der Waals surface area contributed by atoms with Crippen molar-refractivity contribution in [1.29, 1.82) is 0 Å². The van der Waals surface area contributed by atoms with Gasteiger partial charge in [-0.05, 0) is 33.1 Å². The highest BCUT2D eigenvalue weighted by Crippen LogP contribution is 2.17. The Kier molecular flexibility index (Phi) is 5.69. The molecule has 0 aromatic heterocycles. The van der Waals surface area contributed by atoms with Crippen LogP contribution in [-0.2, 0) is 9.47 Å². The molecule has 3 heteroatoms. The van der Waals surface area contributed by atoms with E-state index in [1.165, 1.54) is 0 Å². The number of carbonyl (C=O) groups is 1. The molecule has 0 spiro atoms. The van der Waals surface area contributed by atoms with Crippen LogP contribution in [0.25, 0.3) is 0 Å². The molecule has 0 aliphatic carbocycles. The Morgan fingerprint density at radius 3 is 2.20 bits per heavy atom. The lowest BCUT2D eigenvalue weighted by atomic mass is 10.0. The van der Waals surface area contributed by atoms with Crippen molar-refractivity contribution in [3.8, 4) is 0 Å². The highest BCUT2D eigenvalue weighted by atomic mass is 16.7. The number of carbonyl (C=O) groups excluding carboxylic acids is 1. The zero-order valence-corrected chi connectivity index (χ0v) is 10.8. The zero-order chi connectivity index (χ0) is 12.1. The first-order valence-corrected chi connectivity index (χ1v) is 5.72. The fourth-order valence-corrected chi connectivity index (χ4v) is 0.922. The average molecular weight is 216 g/mol. The van der Waals surface area contributed by atoms with Crippen LogP contribution in [0.15, 0.2) is 0 Å². The molecular formula is C12H24O3. The van der Waals surface area contributed by atoms with Gasteiger partial charge in [0.25, 0.3) is 0 Å². The topological polar surface area (TPSA) is 35.5 Å². The van der Waals surface area contributed by atoms with Crippen molar-refractivity contribution in [2.45, 2.75) is 66.1 Å². The summed E-state index contributed by atoms with van der Waals surface area (Å²) in [6.45, 7) is 11.8. The van der Waals surface area contributed by atoms with E-state index >= 15 is 0 Å². The van der Waals surface area contributed by atoms with Gasteiger partial charge in [-0.3, -0.25) is 0 Å². The predicted molar refractivity (Wildman–Crippen MR) is 60.9 cm³/mol. The van der Waals surface area contributed by atoms with Gasteiger partial charge in [-0.25, -0.2) is 4.79 Å². The van der Waals surface area contributed by atoms with E-state index in [2.05, 4.69) is 13.8 Å². The second-order valence-corrected chi connectivity index (χ2v) is 4.67. The van der Waals surface area contributed by atoms with E-state index in [9.17, 15) is 4.79 Å². The number of rotatable bonds is 5. The quantitative estimate of drug-likeness (QED) is 0.656. The van der Waals surface area contributed by atoms with E-state index in [0.29, 0.717) is 5.92 Å². The fourth-order valence-electron chi connectivity index (χ4n) is 0.922. The van der Waals surface area contributed by atoms with Crippen LogP contribution in [0, 0.1) is 5.92 Å². The van der Waals surface area contributed by atoms with Crippen LogP contribution in [0.1, 0.15) is 54.4 Å². The highest BCUT2D eigenvalue weighted by Gasteiger charge is 2.23. The van der Waals surface area contributed by atoms with E-state index in [1.807, 2.05) is 27.7 Å². The van der Waals surface area contributed by atoms with Crippen molar-refractivity contribution < 1.29 is 14.3 Å². The average Bonchev–Trinajstić information content (AvgIpc) is 2.15. The third-order valence-corrected chi connectivity index (χ3v) is 2.94. The lowest BCUT2D eigenvalue weighted by Crippen LogP contribution is -2.30. The second-order valence-electron chi connectivity index (χ2n) is 4.67. The van der Waals surface area contributed by atoms with Gasteiger partial charge in [0.15, 0.2) is 0 Å². The third kappa shape index (κ3) is 5.65. The second kappa shape index (κ2) is 5.99.